The molecular formula is C52H60BN5. The van der Waals surface area contributed by atoms with Crippen LogP contribution in [0.4, 0.5) is 0 Å². The molecule has 16 unspecified atom stereocenters. The lowest BCUT2D eigenvalue weighted by atomic mass is 9.19. The molecule has 4 aromatic rings. The maximum absolute atomic E-state index is 4.53. The predicted molar refractivity (Wildman–Crippen MR) is 232 cm³/mol. The molecule has 5 saturated carbocycles. The Bertz CT molecular complexity index is 2030. The Morgan fingerprint density at radius 2 is 0.845 bits per heavy atom. The minimum Gasteiger partial charge on any atom is -0.289 e. The van der Waals surface area contributed by atoms with Crippen LogP contribution >= 0.6 is 0 Å². The van der Waals surface area contributed by atoms with E-state index in [2.05, 4.69) is 147 Å². The average molecular weight is 766 g/mol. The zero-order chi connectivity index (χ0) is 37.6. The van der Waals surface area contributed by atoms with Gasteiger partial charge in [0.05, 0.1) is 12.1 Å². The SMILES string of the molecule is c1ccc(B2C3C4CCCCC4C4C(c5ccccc5)NN5C6CC(c7ccccc7)CC7C6N(C3C45)C3C2C2CCCCC2C2C(c4ccccc4)NN7C23)cc1. The van der Waals surface area contributed by atoms with Crippen molar-refractivity contribution in [2.24, 2.45) is 35.5 Å². The fraction of sp³-hybridized carbons (Fsp3) is 0.538. The van der Waals surface area contributed by atoms with Gasteiger partial charge in [-0.15, -0.1) is 0 Å². The minimum absolute atomic E-state index is 0.393. The Labute approximate surface area is 346 Å². The van der Waals surface area contributed by atoms with E-state index in [1.807, 2.05) is 0 Å². The predicted octanol–water partition coefficient (Wildman–Crippen LogP) is 8.62. The maximum Gasteiger partial charge on any atom is 0.186 e. The van der Waals surface area contributed by atoms with E-state index in [-0.39, 0.29) is 0 Å². The molecule has 5 heterocycles. The van der Waals surface area contributed by atoms with Gasteiger partial charge in [-0.05, 0) is 83.6 Å². The third-order valence-corrected chi connectivity index (χ3v) is 19.2. The van der Waals surface area contributed by atoms with Crippen molar-refractivity contribution in [2.75, 3.05) is 0 Å². The first-order chi connectivity index (χ1) is 28.8. The van der Waals surface area contributed by atoms with Gasteiger partial charge in [-0.1, -0.05) is 165 Å². The monoisotopic (exact) mass is 765 g/mol. The summed E-state index contributed by atoms with van der Waals surface area (Å²) in [5.74, 6) is 6.44. The van der Waals surface area contributed by atoms with E-state index in [0.717, 1.165) is 23.7 Å². The van der Waals surface area contributed by atoms with Crippen LogP contribution in [0.2, 0.25) is 11.6 Å². The fourth-order valence-corrected chi connectivity index (χ4v) is 17.9. The molecule has 5 aliphatic carbocycles. The molecule has 0 bridgehead atoms. The van der Waals surface area contributed by atoms with Crippen LogP contribution in [-0.4, -0.2) is 63.9 Å². The van der Waals surface area contributed by atoms with E-state index < -0.39 is 0 Å². The standard InChI is InChI=1S/C52H60BN5/c1-5-17-31(18-6-1)34-29-40-48-41(30-34)58-50-43(47(55-58)33-21-9-3-10-22-33)37-26-14-16-28-39(37)45-52(50)56(48)51-44(53(45)35-23-11-4-12-24-35)38-27-15-13-25-36(38)42-46(54-57(40)49(42)51)32-19-7-2-8-20-32/h1-12,17-24,34,36-52,54-55H,13-16,25-30H2. The van der Waals surface area contributed by atoms with Crippen LogP contribution in [0.5, 0.6) is 0 Å². The summed E-state index contributed by atoms with van der Waals surface area (Å²) in [6, 6.07) is 52.2. The maximum atomic E-state index is 4.53. The van der Waals surface area contributed by atoms with Crippen molar-refractivity contribution in [1.29, 1.82) is 0 Å². The zero-order valence-electron chi connectivity index (χ0n) is 33.9. The molecule has 5 saturated heterocycles. The molecule has 10 aliphatic rings. The molecule has 4 aromatic carbocycles. The van der Waals surface area contributed by atoms with Gasteiger partial charge in [0.25, 0.3) is 0 Å². The summed E-state index contributed by atoms with van der Waals surface area (Å²) in [7, 11) is 0. The lowest BCUT2D eigenvalue weighted by molar-refractivity contribution is -0.222. The molecule has 5 aliphatic heterocycles. The Hall–Kier alpha value is -3.26. The molecule has 2 N–H and O–H groups in total. The van der Waals surface area contributed by atoms with Crippen LogP contribution in [0.25, 0.3) is 0 Å². The van der Waals surface area contributed by atoms with E-state index in [0.29, 0.717) is 90.5 Å². The van der Waals surface area contributed by atoms with Gasteiger partial charge in [0.15, 0.2) is 6.71 Å². The van der Waals surface area contributed by atoms with Crippen molar-refractivity contribution in [3.05, 3.63) is 138 Å². The molecule has 10 fully saturated rings. The van der Waals surface area contributed by atoms with Gasteiger partial charge in [0.1, 0.15) is 0 Å². The van der Waals surface area contributed by atoms with Crippen molar-refractivity contribution < 1.29 is 0 Å². The highest BCUT2D eigenvalue weighted by atomic mass is 15.7. The van der Waals surface area contributed by atoms with E-state index in [4.69, 9.17) is 0 Å². The summed E-state index contributed by atoms with van der Waals surface area (Å²) in [4.78, 5) is 3.47. The van der Waals surface area contributed by atoms with Gasteiger partial charge >= 0.3 is 0 Å². The molecule has 58 heavy (non-hydrogen) atoms. The number of rotatable bonds is 4. The normalized spacial score (nSPS) is 45.9. The Morgan fingerprint density at radius 3 is 1.31 bits per heavy atom. The van der Waals surface area contributed by atoms with Crippen molar-refractivity contribution in [1.82, 2.24) is 25.8 Å². The second-order valence-corrected chi connectivity index (χ2v) is 20.9. The minimum atomic E-state index is 0.393. The molecule has 296 valence electrons. The Kier molecular flexibility index (Phi) is 7.80. The number of benzene rings is 4. The quantitative estimate of drug-likeness (QED) is 0.204. The second kappa shape index (κ2) is 13.1. The smallest absolute Gasteiger partial charge is 0.186 e. The van der Waals surface area contributed by atoms with E-state index in [9.17, 15) is 0 Å². The first-order valence-corrected chi connectivity index (χ1v) is 23.9. The van der Waals surface area contributed by atoms with Gasteiger partial charge in [-0.2, -0.15) is 0 Å². The van der Waals surface area contributed by atoms with Crippen LogP contribution < -0.4 is 16.3 Å². The summed E-state index contributed by atoms with van der Waals surface area (Å²) in [6.45, 7) is 0.634. The average Bonchev–Trinajstić information content (AvgIpc) is 3.91. The topological polar surface area (TPSA) is 33.8 Å². The zero-order valence-corrected chi connectivity index (χ0v) is 33.9. The van der Waals surface area contributed by atoms with Crippen LogP contribution in [0.3, 0.4) is 0 Å². The molecule has 14 rings (SSSR count). The fourth-order valence-electron chi connectivity index (χ4n) is 17.9. The number of fused-ring (bicyclic) bond motifs is 8. The molecule has 5 nitrogen and oxygen atoms in total. The first kappa shape index (κ1) is 34.5. The summed E-state index contributed by atoms with van der Waals surface area (Å²) in [6.07, 6.45) is 13.9. The van der Waals surface area contributed by atoms with Crippen LogP contribution in [0, 0.1) is 35.5 Å². The molecule has 0 radical (unpaired) electrons. The van der Waals surface area contributed by atoms with Gasteiger partial charge in [-0.25, -0.2) is 20.9 Å². The highest BCUT2D eigenvalue weighted by molar-refractivity contribution is 6.76. The molecule has 6 heteroatoms. The lowest BCUT2D eigenvalue weighted by Crippen LogP contribution is -2.88. The molecule has 0 amide bonds. The summed E-state index contributed by atoms with van der Waals surface area (Å²) in [5.41, 5.74) is 15.4. The highest BCUT2D eigenvalue weighted by Gasteiger charge is 2.77. The number of hydrogen-bond acceptors (Lipinski definition) is 5. The largest absolute Gasteiger partial charge is 0.289 e. The van der Waals surface area contributed by atoms with Crippen LogP contribution in [0.1, 0.15) is 98.9 Å². The molecule has 0 aromatic heterocycles. The number of hydrogen-bond donors (Lipinski definition) is 2. The molecular weight excluding hydrogens is 705 g/mol. The van der Waals surface area contributed by atoms with E-state index in [1.54, 1.807) is 11.0 Å². The van der Waals surface area contributed by atoms with Crippen molar-refractivity contribution in [3.63, 3.8) is 0 Å². The van der Waals surface area contributed by atoms with Crippen molar-refractivity contribution in [2.45, 2.75) is 136 Å². The Morgan fingerprint density at radius 1 is 0.431 bits per heavy atom. The van der Waals surface area contributed by atoms with Gasteiger partial charge in [-0.3, -0.25) is 4.90 Å². The number of nitrogens with one attached hydrogen (secondary N) is 2. The molecule has 0 spiro atoms. The van der Waals surface area contributed by atoms with Crippen molar-refractivity contribution >= 4 is 12.2 Å². The molecule has 16 atom stereocenters. The summed E-state index contributed by atoms with van der Waals surface area (Å²) in [5, 5.41) is 6.07. The lowest BCUT2D eigenvalue weighted by Gasteiger charge is -2.76. The summed E-state index contributed by atoms with van der Waals surface area (Å²) < 4.78 is 0. The van der Waals surface area contributed by atoms with E-state index in [1.165, 1.54) is 75.3 Å². The number of hydrazine groups is 2. The van der Waals surface area contributed by atoms with E-state index >= 15 is 0 Å². The highest BCUT2D eigenvalue weighted by Crippen LogP contribution is 2.71. The number of nitrogens with zero attached hydrogens (tertiary/aromatic N) is 3. The third kappa shape index (κ3) is 4.62. The van der Waals surface area contributed by atoms with Crippen molar-refractivity contribution in [3.8, 4) is 0 Å². The van der Waals surface area contributed by atoms with Gasteiger partial charge in [0, 0.05) is 54.1 Å². The van der Waals surface area contributed by atoms with Gasteiger partial charge < -0.3 is 0 Å². The third-order valence-electron chi connectivity index (χ3n) is 19.2. The Balaban J connectivity index is 1.02. The van der Waals surface area contributed by atoms with Crippen LogP contribution in [-0.2, 0) is 0 Å². The first-order valence-electron chi connectivity index (χ1n) is 23.9. The van der Waals surface area contributed by atoms with Gasteiger partial charge in [0.2, 0.25) is 0 Å². The second-order valence-electron chi connectivity index (χ2n) is 20.9. The van der Waals surface area contributed by atoms with Crippen LogP contribution in [0.15, 0.2) is 121 Å². The number of piperazine rings is 2. The summed E-state index contributed by atoms with van der Waals surface area (Å²) >= 11 is 0.